The number of rotatable bonds is 11. The number of carbonyl (C=O) groups excluding carboxylic acids is 1. The van der Waals surface area contributed by atoms with Gasteiger partial charge < -0.3 is 20.9 Å². The van der Waals surface area contributed by atoms with Crippen molar-refractivity contribution in [3.63, 3.8) is 0 Å². The van der Waals surface area contributed by atoms with Crippen molar-refractivity contribution in [1.82, 2.24) is 0 Å². The van der Waals surface area contributed by atoms with Gasteiger partial charge in [-0.2, -0.15) is 16.8 Å². The number of aromatic hydroxyl groups is 1. The van der Waals surface area contributed by atoms with Gasteiger partial charge in [0.05, 0.1) is 32.5 Å². The Balaban J connectivity index is 1.87. The quantitative estimate of drug-likeness (QED) is 0.0489. The van der Waals surface area contributed by atoms with E-state index in [2.05, 4.69) is 54.9 Å². The second-order valence-electron chi connectivity index (χ2n) is 9.64. The van der Waals surface area contributed by atoms with E-state index in [1.807, 2.05) is 0 Å². The summed E-state index contributed by atoms with van der Waals surface area (Å²) in [5, 5.41) is 29.3. The van der Waals surface area contributed by atoms with Gasteiger partial charge >= 0.3 is 0 Å². The minimum Gasteiger partial charge on any atom is -0.507 e. The fourth-order valence-corrected chi connectivity index (χ4v) is 6.24. The molecule has 0 aliphatic carbocycles. The van der Waals surface area contributed by atoms with Crippen LogP contribution < -0.4 is 15.8 Å². The van der Waals surface area contributed by atoms with Gasteiger partial charge in [-0.25, -0.2) is 8.42 Å². The van der Waals surface area contributed by atoms with Gasteiger partial charge in [0.25, 0.3) is 26.1 Å². The Morgan fingerprint density at radius 3 is 2.10 bits per heavy atom. The van der Waals surface area contributed by atoms with E-state index in [0.717, 1.165) is 36.4 Å². The van der Waals surface area contributed by atoms with E-state index < -0.39 is 57.2 Å². The Morgan fingerprint density at radius 1 is 0.878 bits per heavy atom. The zero-order valence-electron chi connectivity index (χ0n) is 24.8. The Morgan fingerprint density at radius 2 is 1.51 bits per heavy atom. The summed E-state index contributed by atoms with van der Waals surface area (Å²) in [5.41, 5.74) is 4.64. The highest BCUT2D eigenvalue weighted by Crippen LogP contribution is 2.43. The zero-order valence-corrected chi connectivity index (χ0v) is 28.8. The largest absolute Gasteiger partial charge is 0.507 e. The molecule has 0 aliphatic heterocycles. The van der Waals surface area contributed by atoms with Gasteiger partial charge in [-0.3, -0.25) is 13.9 Å². The maximum absolute atomic E-state index is 12.7. The van der Waals surface area contributed by atoms with Gasteiger partial charge in [0.15, 0.2) is 0 Å². The number of benzene rings is 4. The van der Waals surface area contributed by atoms with Gasteiger partial charge in [0, 0.05) is 23.2 Å². The molecule has 49 heavy (non-hydrogen) atoms. The molecule has 0 saturated carbocycles. The third-order valence-corrected chi connectivity index (χ3v) is 9.89. The number of anilines is 2. The summed E-state index contributed by atoms with van der Waals surface area (Å²) in [6.07, 6.45) is 0. The Hall–Kier alpha value is -5.06. The van der Waals surface area contributed by atoms with E-state index in [0.29, 0.717) is 5.41 Å². The summed E-state index contributed by atoms with van der Waals surface area (Å²) in [4.78, 5) is 10.2. The fraction of sp³-hybridized carbons (Fsp3) is 0.0357. The van der Waals surface area contributed by atoms with Crippen LogP contribution >= 0.6 is 15.9 Å². The van der Waals surface area contributed by atoms with Crippen molar-refractivity contribution in [3.05, 3.63) is 77.6 Å². The number of azo groups is 2. The SMILES string of the molecule is C=CS(=O)(=O)c1ccc(NC(=O)C(=C)Br)cc1/N=N/c1cc(S(=O)(=O)O)c(/N=N/c2c(N)ccc3cc(S(=O)(=O)O)cc(O)c23)cc1OC. The zero-order chi connectivity index (χ0) is 36.5. The predicted octanol–water partition coefficient (Wildman–Crippen LogP) is 6.22. The average molecular weight is 796 g/mol. The number of amides is 1. The fourth-order valence-electron chi connectivity index (χ4n) is 4.15. The lowest BCUT2D eigenvalue weighted by molar-refractivity contribution is -0.112. The maximum atomic E-state index is 12.7. The summed E-state index contributed by atoms with van der Waals surface area (Å²) < 4.78 is 98.1. The first kappa shape index (κ1) is 36.8. The molecule has 0 saturated heterocycles. The Bertz CT molecular complexity index is 2470. The van der Waals surface area contributed by atoms with Crippen LogP contribution in [0, 0.1) is 0 Å². The Kier molecular flexibility index (Phi) is 10.4. The van der Waals surface area contributed by atoms with Crippen molar-refractivity contribution in [2.45, 2.75) is 14.7 Å². The van der Waals surface area contributed by atoms with Crippen molar-refractivity contribution in [2.24, 2.45) is 20.5 Å². The van der Waals surface area contributed by atoms with Crippen LogP contribution in [0.5, 0.6) is 11.5 Å². The number of nitrogens with two attached hydrogens (primary N) is 1. The molecular weight excluding hydrogens is 772 g/mol. The van der Waals surface area contributed by atoms with E-state index in [9.17, 15) is 44.3 Å². The van der Waals surface area contributed by atoms with Crippen LogP contribution in [0.2, 0.25) is 0 Å². The minimum atomic E-state index is -5.07. The first-order chi connectivity index (χ1) is 22.8. The lowest BCUT2D eigenvalue weighted by Gasteiger charge is -2.11. The number of carbonyl (C=O) groups is 1. The highest BCUT2D eigenvalue weighted by atomic mass is 79.9. The standard InChI is InChI=1S/C28H23BrN6O11S3/c1-4-47(38,39)24-8-6-16(31-28(37)14(2)29)10-20(24)33-32-19-13-25(49(43,44)45)21(12-23(19)46-3)34-35-27-18(30)7-5-15-9-17(48(40,41)42)11-22(36)26(15)27/h4-13,36H,1-2,30H2,3H3,(H,31,37)(H,40,41,42)(H,43,44,45)/b33-32+,35-34+. The molecule has 0 radical (unpaired) electrons. The molecule has 256 valence electrons. The van der Waals surface area contributed by atoms with Crippen LogP contribution in [0.4, 0.5) is 34.1 Å². The predicted molar refractivity (Wildman–Crippen MR) is 182 cm³/mol. The monoisotopic (exact) mass is 794 g/mol. The van der Waals surface area contributed by atoms with Gasteiger partial charge in [-0.1, -0.05) is 19.2 Å². The molecule has 17 nitrogen and oxygen atoms in total. The van der Waals surface area contributed by atoms with Crippen LogP contribution in [0.1, 0.15) is 0 Å². The molecule has 6 N–H and O–H groups in total. The number of nitrogens with one attached hydrogen (secondary N) is 1. The molecule has 0 unspecified atom stereocenters. The highest BCUT2D eigenvalue weighted by Gasteiger charge is 2.22. The van der Waals surface area contributed by atoms with Crippen LogP contribution in [0.25, 0.3) is 10.8 Å². The number of nitrogen functional groups attached to an aromatic ring is 1. The summed E-state index contributed by atoms with van der Waals surface area (Å²) in [5.74, 6) is -1.49. The third kappa shape index (κ3) is 8.16. The average Bonchev–Trinajstić information content (AvgIpc) is 3.02. The molecule has 0 aliphatic rings. The first-order valence-corrected chi connectivity index (χ1v) is 18.2. The molecule has 4 aromatic carbocycles. The molecular formula is C28H23BrN6O11S3. The maximum Gasteiger partial charge on any atom is 0.296 e. The van der Waals surface area contributed by atoms with Crippen LogP contribution in [-0.4, -0.2) is 52.5 Å². The number of hydrogen-bond acceptors (Lipinski definition) is 14. The number of ether oxygens (including phenoxy) is 1. The van der Waals surface area contributed by atoms with E-state index in [1.165, 1.54) is 25.3 Å². The molecule has 0 aromatic heterocycles. The number of hydrogen-bond donors (Lipinski definition) is 5. The van der Waals surface area contributed by atoms with Gasteiger partial charge in [0.1, 0.15) is 39.1 Å². The number of phenols is 1. The van der Waals surface area contributed by atoms with Gasteiger partial charge in [-0.05, 0) is 57.7 Å². The van der Waals surface area contributed by atoms with Gasteiger partial charge in [0.2, 0.25) is 9.84 Å². The molecule has 0 bridgehead atoms. The number of fused-ring (bicyclic) bond motifs is 1. The summed E-state index contributed by atoms with van der Waals surface area (Å²) >= 11 is 2.93. The van der Waals surface area contributed by atoms with Crippen LogP contribution in [0.3, 0.4) is 0 Å². The summed E-state index contributed by atoms with van der Waals surface area (Å²) in [6.45, 7) is 6.73. The van der Waals surface area contributed by atoms with E-state index in [1.54, 1.807) is 0 Å². The smallest absolute Gasteiger partial charge is 0.296 e. The lowest BCUT2D eigenvalue weighted by Crippen LogP contribution is -2.10. The first-order valence-electron chi connectivity index (χ1n) is 13.0. The highest BCUT2D eigenvalue weighted by molar-refractivity contribution is 9.12. The second kappa shape index (κ2) is 13.8. The molecule has 4 rings (SSSR count). The summed E-state index contributed by atoms with van der Waals surface area (Å²) in [6, 6.07) is 9.76. The van der Waals surface area contributed by atoms with E-state index in [-0.39, 0.29) is 54.3 Å². The molecule has 21 heteroatoms. The van der Waals surface area contributed by atoms with Crippen LogP contribution in [-0.2, 0) is 34.9 Å². The van der Waals surface area contributed by atoms with E-state index in [4.69, 9.17) is 10.5 Å². The van der Waals surface area contributed by atoms with Gasteiger partial charge in [-0.15, -0.1) is 20.5 Å². The molecule has 4 aromatic rings. The normalized spacial score (nSPS) is 12.4. The van der Waals surface area contributed by atoms with Crippen molar-refractivity contribution in [3.8, 4) is 11.5 Å². The third-order valence-electron chi connectivity index (χ3n) is 6.42. The molecule has 0 fully saturated rings. The molecule has 0 atom stereocenters. The van der Waals surface area contributed by atoms with Crippen LogP contribution in [0.15, 0.2) is 113 Å². The van der Waals surface area contributed by atoms with E-state index >= 15 is 0 Å². The molecule has 0 heterocycles. The lowest BCUT2D eigenvalue weighted by atomic mass is 10.1. The molecule has 1 amide bonds. The number of halogens is 1. The Labute approximate surface area is 287 Å². The van der Waals surface area contributed by atoms with Crippen molar-refractivity contribution < 1.29 is 49.0 Å². The van der Waals surface area contributed by atoms with Crippen molar-refractivity contribution in [1.29, 1.82) is 0 Å². The van der Waals surface area contributed by atoms with Crippen molar-refractivity contribution in [2.75, 3.05) is 18.2 Å². The number of nitrogens with zero attached hydrogens (tertiary/aromatic N) is 4. The second-order valence-corrected chi connectivity index (χ2v) is 15.3. The van der Waals surface area contributed by atoms with Crippen molar-refractivity contribution >= 4 is 96.8 Å². The molecule has 0 spiro atoms. The number of phenolic OH excluding ortho intramolecular Hbond substituents is 1. The number of methoxy groups -OCH3 is 1. The minimum absolute atomic E-state index is 0.0237. The summed E-state index contributed by atoms with van der Waals surface area (Å²) in [7, 11) is -12.7. The topological polar surface area (TPSA) is 277 Å². The number of sulfone groups is 1.